The number of benzene rings is 1. The molecule has 0 radical (unpaired) electrons. The maximum Gasteiger partial charge on any atom is 0.237 e. The monoisotopic (exact) mass is 338 g/mol. The SMILES string of the molecule is Cl.O=C(NC1CCc2cc(F)ccc21)C1CC2CCCCC2N1. The third-order valence-electron chi connectivity index (χ3n) is 5.68. The van der Waals surface area contributed by atoms with Crippen molar-refractivity contribution in [1.82, 2.24) is 10.6 Å². The van der Waals surface area contributed by atoms with Gasteiger partial charge in [0.1, 0.15) is 5.82 Å². The summed E-state index contributed by atoms with van der Waals surface area (Å²) in [4.78, 5) is 12.6. The van der Waals surface area contributed by atoms with Crippen molar-refractivity contribution in [2.24, 2.45) is 5.92 Å². The first-order chi connectivity index (χ1) is 10.7. The predicted molar refractivity (Wildman–Crippen MR) is 90.1 cm³/mol. The second kappa shape index (κ2) is 6.78. The minimum atomic E-state index is -0.188. The first kappa shape index (κ1) is 16.7. The van der Waals surface area contributed by atoms with Gasteiger partial charge in [0.25, 0.3) is 0 Å². The van der Waals surface area contributed by atoms with Crippen molar-refractivity contribution in [2.75, 3.05) is 0 Å². The maximum absolute atomic E-state index is 13.3. The zero-order valence-corrected chi connectivity index (χ0v) is 14.0. The number of halogens is 2. The average Bonchev–Trinajstić information content (AvgIpc) is 3.11. The summed E-state index contributed by atoms with van der Waals surface area (Å²) in [5, 5.41) is 6.71. The van der Waals surface area contributed by atoms with Gasteiger partial charge in [-0.25, -0.2) is 4.39 Å². The summed E-state index contributed by atoms with van der Waals surface area (Å²) in [5.74, 6) is 0.610. The molecule has 5 heteroatoms. The van der Waals surface area contributed by atoms with Crippen LogP contribution >= 0.6 is 12.4 Å². The highest BCUT2D eigenvalue weighted by Crippen LogP contribution is 2.35. The van der Waals surface area contributed by atoms with E-state index in [2.05, 4.69) is 10.6 Å². The van der Waals surface area contributed by atoms with Gasteiger partial charge in [0.15, 0.2) is 0 Å². The van der Waals surface area contributed by atoms with Crippen LogP contribution in [0, 0.1) is 11.7 Å². The Bertz CT molecular complexity index is 580. The Morgan fingerprint density at radius 2 is 2.04 bits per heavy atom. The van der Waals surface area contributed by atoms with E-state index in [9.17, 15) is 9.18 Å². The molecule has 2 fully saturated rings. The van der Waals surface area contributed by atoms with Gasteiger partial charge in [-0.15, -0.1) is 12.4 Å². The van der Waals surface area contributed by atoms with Gasteiger partial charge in [0, 0.05) is 6.04 Å². The maximum atomic E-state index is 13.3. The van der Waals surface area contributed by atoms with Gasteiger partial charge in [-0.05, 0) is 61.3 Å². The Morgan fingerprint density at radius 1 is 1.22 bits per heavy atom. The van der Waals surface area contributed by atoms with Crippen LogP contribution in [0.4, 0.5) is 4.39 Å². The van der Waals surface area contributed by atoms with Crippen molar-refractivity contribution in [3.05, 3.63) is 35.1 Å². The third kappa shape index (κ3) is 3.24. The number of rotatable bonds is 2. The molecule has 4 atom stereocenters. The number of amides is 1. The number of carbonyl (C=O) groups is 1. The molecule has 0 spiro atoms. The minimum absolute atomic E-state index is 0. The van der Waals surface area contributed by atoms with Crippen molar-refractivity contribution in [1.29, 1.82) is 0 Å². The fourth-order valence-corrected chi connectivity index (χ4v) is 4.53. The standard InChI is InChI=1S/C18H23FN2O.ClH/c19-13-6-7-14-11(9-13)5-8-16(14)21-18(22)17-10-12-3-1-2-4-15(12)20-17;/h6-7,9,12,15-17,20H,1-5,8,10H2,(H,21,22);1H. The molecule has 126 valence electrons. The molecule has 1 aromatic rings. The number of fused-ring (bicyclic) bond motifs is 2. The quantitative estimate of drug-likeness (QED) is 0.869. The van der Waals surface area contributed by atoms with Crippen LogP contribution in [0.2, 0.25) is 0 Å². The number of aryl methyl sites for hydroxylation is 1. The second-order valence-electron chi connectivity index (χ2n) is 7.05. The number of nitrogens with one attached hydrogen (secondary N) is 2. The number of carbonyl (C=O) groups excluding carboxylic acids is 1. The van der Waals surface area contributed by atoms with E-state index in [1.54, 1.807) is 6.07 Å². The fourth-order valence-electron chi connectivity index (χ4n) is 4.53. The lowest BCUT2D eigenvalue weighted by Gasteiger charge is -2.24. The van der Waals surface area contributed by atoms with Crippen LogP contribution < -0.4 is 10.6 Å². The molecule has 1 aromatic carbocycles. The van der Waals surface area contributed by atoms with E-state index in [0.29, 0.717) is 12.0 Å². The van der Waals surface area contributed by atoms with Gasteiger partial charge in [0.05, 0.1) is 12.1 Å². The Hall–Kier alpha value is -1.13. The molecule has 1 saturated heterocycles. The van der Waals surface area contributed by atoms with Crippen LogP contribution in [0.1, 0.15) is 55.7 Å². The summed E-state index contributed by atoms with van der Waals surface area (Å²) < 4.78 is 13.3. The zero-order valence-electron chi connectivity index (χ0n) is 13.2. The average molecular weight is 339 g/mol. The van der Waals surface area contributed by atoms with Crippen molar-refractivity contribution >= 4 is 18.3 Å². The second-order valence-corrected chi connectivity index (χ2v) is 7.05. The van der Waals surface area contributed by atoms with Crippen molar-refractivity contribution < 1.29 is 9.18 Å². The van der Waals surface area contributed by atoms with Crippen molar-refractivity contribution in [3.63, 3.8) is 0 Å². The molecular weight excluding hydrogens is 315 g/mol. The van der Waals surface area contributed by atoms with Gasteiger partial charge < -0.3 is 10.6 Å². The van der Waals surface area contributed by atoms with E-state index in [1.165, 1.54) is 31.7 Å². The zero-order chi connectivity index (χ0) is 15.1. The molecule has 0 aromatic heterocycles. The van der Waals surface area contributed by atoms with Gasteiger partial charge in [-0.3, -0.25) is 4.79 Å². The van der Waals surface area contributed by atoms with E-state index in [-0.39, 0.29) is 36.2 Å². The predicted octanol–water partition coefficient (Wildman–Crippen LogP) is 3.27. The topological polar surface area (TPSA) is 41.1 Å². The molecule has 1 amide bonds. The lowest BCUT2D eigenvalue weighted by molar-refractivity contribution is -0.123. The molecule has 0 bridgehead atoms. The molecule has 3 aliphatic rings. The molecule has 23 heavy (non-hydrogen) atoms. The Kier molecular flexibility index (Phi) is 4.93. The van der Waals surface area contributed by atoms with Gasteiger partial charge in [0.2, 0.25) is 5.91 Å². The lowest BCUT2D eigenvalue weighted by atomic mass is 9.85. The summed E-state index contributed by atoms with van der Waals surface area (Å²) in [6.45, 7) is 0. The Balaban J connectivity index is 0.00000156. The van der Waals surface area contributed by atoms with Crippen LogP contribution in [-0.4, -0.2) is 18.0 Å². The molecule has 3 nitrogen and oxygen atoms in total. The largest absolute Gasteiger partial charge is 0.348 e. The van der Waals surface area contributed by atoms with Gasteiger partial charge in [-0.2, -0.15) is 0 Å². The molecule has 1 heterocycles. The van der Waals surface area contributed by atoms with Crippen LogP contribution in [0.15, 0.2) is 18.2 Å². The summed E-state index contributed by atoms with van der Waals surface area (Å²) in [6, 6.07) is 5.46. The minimum Gasteiger partial charge on any atom is -0.348 e. The molecular formula is C18H24ClFN2O. The smallest absolute Gasteiger partial charge is 0.237 e. The Morgan fingerprint density at radius 3 is 2.87 bits per heavy atom. The highest BCUT2D eigenvalue weighted by molar-refractivity contribution is 5.85. The molecule has 2 N–H and O–H groups in total. The molecule has 2 aliphatic carbocycles. The summed E-state index contributed by atoms with van der Waals surface area (Å²) >= 11 is 0. The van der Waals surface area contributed by atoms with E-state index in [0.717, 1.165) is 30.4 Å². The fraction of sp³-hybridized carbons (Fsp3) is 0.611. The van der Waals surface area contributed by atoms with Crippen LogP contribution in [-0.2, 0) is 11.2 Å². The molecule has 1 aliphatic heterocycles. The number of hydrogen-bond donors (Lipinski definition) is 2. The van der Waals surface area contributed by atoms with E-state index < -0.39 is 0 Å². The van der Waals surface area contributed by atoms with Crippen LogP contribution in [0.25, 0.3) is 0 Å². The van der Waals surface area contributed by atoms with Crippen molar-refractivity contribution in [2.45, 2.75) is 63.1 Å². The highest BCUT2D eigenvalue weighted by atomic mass is 35.5. The summed E-state index contributed by atoms with van der Waals surface area (Å²) in [5.41, 5.74) is 2.13. The molecule has 1 saturated carbocycles. The molecule has 4 unspecified atom stereocenters. The number of hydrogen-bond acceptors (Lipinski definition) is 2. The van der Waals surface area contributed by atoms with Crippen molar-refractivity contribution in [3.8, 4) is 0 Å². The van der Waals surface area contributed by atoms with Crippen LogP contribution in [0.5, 0.6) is 0 Å². The summed E-state index contributed by atoms with van der Waals surface area (Å²) in [7, 11) is 0. The van der Waals surface area contributed by atoms with Gasteiger partial charge in [-0.1, -0.05) is 18.9 Å². The highest BCUT2D eigenvalue weighted by Gasteiger charge is 2.39. The lowest BCUT2D eigenvalue weighted by Crippen LogP contribution is -2.44. The first-order valence-electron chi connectivity index (χ1n) is 8.55. The van der Waals surface area contributed by atoms with E-state index in [4.69, 9.17) is 0 Å². The normalized spacial score (nSPS) is 31.9. The summed E-state index contributed by atoms with van der Waals surface area (Å²) in [6.07, 6.45) is 7.75. The third-order valence-corrected chi connectivity index (χ3v) is 5.68. The first-order valence-corrected chi connectivity index (χ1v) is 8.55. The molecule has 4 rings (SSSR count). The van der Waals surface area contributed by atoms with Crippen LogP contribution in [0.3, 0.4) is 0 Å². The van der Waals surface area contributed by atoms with E-state index in [1.807, 2.05) is 6.07 Å². The van der Waals surface area contributed by atoms with Gasteiger partial charge >= 0.3 is 0 Å². The van der Waals surface area contributed by atoms with E-state index >= 15 is 0 Å². The Labute approximate surface area is 142 Å².